The first kappa shape index (κ1) is 20.2. The molecule has 160 valence electrons. The van der Waals surface area contributed by atoms with Gasteiger partial charge in [0.25, 0.3) is 0 Å². The van der Waals surface area contributed by atoms with Crippen LogP contribution in [0.25, 0.3) is 0 Å². The van der Waals surface area contributed by atoms with Crippen molar-refractivity contribution in [3.63, 3.8) is 0 Å². The molecule has 1 aromatic heterocycles. The fourth-order valence-electron chi connectivity index (χ4n) is 4.53. The number of nitrogens with two attached hydrogens (primary N) is 1. The highest BCUT2D eigenvalue weighted by Crippen LogP contribution is 2.24. The number of aromatic nitrogens is 2. The van der Waals surface area contributed by atoms with Crippen molar-refractivity contribution in [3.8, 4) is 0 Å². The van der Waals surface area contributed by atoms with Crippen molar-refractivity contribution >= 4 is 23.5 Å². The molecule has 0 atom stereocenters. The molecule has 0 aliphatic carbocycles. The molecule has 9 nitrogen and oxygen atoms in total. The van der Waals surface area contributed by atoms with Gasteiger partial charge < -0.3 is 25.6 Å². The molecule has 0 spiro atoms. The Morgan fingerprint density at radius 2 is 1.93 bits per heavy atom. The molecule has 9 heteroatoms. The monoisotopic (exact) mass is 403 g/mol. The zero-order valence-electron chi connectivity index (χ0n) is 17.2. The molecule has 1 amide bonds. The Bertz CT molecular complexity index is 687. The molecule has 0 unspecified atom stereocenters. The smallest absolute Gasteiger partial charge is 0.223 e. The summed E-state index contributed by atoms with van der Waals surface area (Å²) in [5.41, 5.74) is 5.97. The second-order valence-electron chi connectivity index (χ2n) is 8.10. The highest BCUT2D eigenvalue weighted by molar-refractivity contribution is 5.78. The summed E-state index contributed by atoms with van der Waals surface area (Å²) >= 11 is 0. The third-order valence-corrected chi connectivity index (χ3v) is 6.16. The number of morpholine rings is 1. The molecular weight excluding hydrogens is 370 g/mol. The molecule has 29 heavy (non-hydrogen) atoms. The van der Waals surface area contributed by atoms with E-state index in [9.17, 15) is 4.79 Å². The van der Waals surface area contributed by atoms with E-state index in [1.54, 1.807) is 0 Å². The molecule has 1 aromatic rings. The van der Waals surface area contributed by atoms with Gasteiger partial charge in [0.15, 0.2) is 0 Å². The Morgan fingerprint density at radius 3 is 2.66 bits per heavy atom. The number of piperidine rings is 1. The van der Waals surface area contributed by atoms with E-state index in [0.717, 1.165) is 96.3 Å². The Morgan fingerprint density at radius 1 is 1.14 bits per heavy atom. The van der Waals surface area contributed by atoms with Crippen molar-refractivity contribution in [1.29, 1.82) is 0 Å². The number of likely N-dealkylation sites (tertiary alicyclic amines) is 1. The van der Waals surface area contributed by atoms with Gasteiger partial charge in [-0.3, -0.25) is 9.69 Å². The zero-order chi connectivity index (χ0) is 20.1. The predicted octanol–water partition coefficient (Wildman–Crippen LogP) is 0.784. The lowest BCUT2D eigenvalue weighted by atomic mass is 10.0. The topological polar surface area (TPSA) is 99.8 Å². The quantitative estimate of drug-likeness (QED) is 0.645. The second-order valence-corrected chi connectivity index (χ2v) is 8.10. The van der Waals surface area contributed by atoms with Gasteiger partial charge >= 0.3 is 0 Å². The largest absolute Gasteiger partial charge is 0.379 e. The van der Waals surface area contributed by atoms with Gasteiger partial charge in [-0.05, 0) is 25.7 Å². The number of carbonyl (C=O) groups is 1. The summed E-state index contributed by atoms with van der Waals surface area (Å²) in [6.07, 6.45) is 4.85. The predicted molar refractivity (Wildman–Crippen MR) is 113 cm³/mol. The molecule has 0 bridgehead atoms. The van der Waals surface area contributed by atoms with Gasteiger partial charge in [-0.25, -0.2) is 0 Å². The number of nitrogens with one attached hydrogen (secondary N) is 1. The standard InChI is InChI=1S/C20H33N7O2/c21-20-23-17(22-6-2-8-27-7-1-3-19(27)28)15-18(24-20)26-9-4-16(5-10-26)25-11-13-29-14-12-25/h15-16H,1-14H2,(H3,21,22,23,24). The highest BCUT2D eigenvalue weighted by atomic mass is 16.5. The number of anilines is 3. The second kappa shape index (κ2) is 9.58. The van der Waals surface area contributed by atoms with Gasteiger partial charge in [0.1, 0.15) is 11.6 Å². The number of hydrogen-bond donors (Lipinski definition) is 2. The average molecular weight is 404 g/mol. The van der Waals surface area contributed by atoms with Crippen LogP contribution in [0.3, 0.4) is 0 Å². The van der Waals surface area contributed by atoms with Crippen LogP contribution in [0.15, 0.2) is 6.07 Å². The SMILES string of the molecule is Nc1nc(NCCCN2CCCC2=O)cc(N2CCC(N3CCOCC3)CC2)n1. The highest BCUT2D eigenvalue weighted by Gasteiger charge is 2.26. The Balaban J connectivity index is 1.26. The number of amides is 1. The first-order valence-corrected chi connectivity index (χ1v) is 10.9. The Labute approximate surface area is 172 Å². The Hall–Kier alpha value is -2.13. The van der Waals surface area contributed by atoms with Gasteiger partial charge in [-0.15, -0.1) is 0 Å². The van der Waals surface area contributed by atoms with E-state index in [4.69, 9.17) is 10.5 Å². The minimum absolute atomic E-state index is 0.277. The first-order chi connectivity index (χ1) is 14.2. The summed E-state index contributed by atoms with van der Waals surface area (Å²) in [5.74, 6) is 2.24. The summed E-state index contributed by atoms with van der Waals surface area (Å²) in [6, 6.07) is 2.63. The molecule has 0 radical (unpaired) electrons. The minimum Gasteiger partial charge on any atom is -0.379 e. The van der Waals surface area contributed by atoms with E-state index in [0.29, 0.717) is 18.4 Å². The lowest BCUT2D eigenvalue weighted by Crippen LogP contribution is -2.49. The first-order valence-electron chi connectivity index (χ1n) is 10.9. The normalized spacial score (nSPS) is 21.7. The zero-order valence-corrected chi connectivity index (χ0v) is 17.2. The summed E-state index contributed by atoms with van der Waals surface area (Å²) in [4.78, 5) is 27.3. The van der Waals surface area contributed by atoms with Crippen LogP contribution in [0.4, 0.5) is 17.6 Å². The third-order valence-electron chi connectivity index (χ3n) is 6.16. The van der Waals surface area contributed by atoms with Crippen molar-refractivity contribution in [2.75, 3.05) is 75.0 Å². The van der Waals surface area contributed by atoms with Crippen LogP contribution in [-0.2, 0) is 9.53 Å². The fraction of sp³-hybridized carbons (Fsp3) is 0.750. The van der Waals surface area contributed by atoms with E-state index in [1.165, 1.54) is 0 Å². The molecular formula is C20H33N7O2. The van der Waals surface area contributed by atoms with Gasteiger partial charge in [0, 0.05) is 64.3 Å². The summed E-state index contributed by atoms with van der Waals surface area (Å²) < 4.78 is 5.47. The molecule has 3 saturated heterocycles. The van der Waals surface area contributed by atoms with E-state index in [-0.39, 0.29) is 5.91 Å². The molecule has 3 aliphatic heterocycles. The van der Waals surface area contributed by atoms with Gasteiger partial charge in [0.2, 0.25) is 11.9 Å². The van der Waals surface area contributed by atoms with Crippen LogP contribution in [0.2, 0.25) is 0 Å². The maximum absolute atomic E-state index is 11.7. The van der Waals surface area contributed by atoms with Crippen molar-refractivity contribution in [1.82, 2.24) is 19.8 Å². The maximum Gasteiger partial charge on any atom is 0.223 e. The lowest BCUT2D eigenvalue weighted by molar-refractivity contribution is -0.127. The van der Waals surface area contributed by atoms with Crippen LogP contribution in [0.1, 0.15) is 32.1 Å². The number of nitrogen functional groups attached to an aromatic ring is 1. The van der Waals surface area contributed by atoms with E-state index >= 15 is 0 Å². The minimum atomic E-state index is 0.277. The van der Waals surface area contributed by atoms with Crippen LogP contribution >= 0.6 is 0 Å². The fourth-order valence-corrected chi connectivity index (χ4v) is 4.53. The Kier molecular flexibility index (Phi) is 6.66. The molecule has 3 N–H and O–H groups in total. The van der Waals surface area contributed by atoms with E-state index in [2.05, 4.69) is 25.1 Å². The summed E-state index contributed by atoms with van der Waals surface area (Å²) in [7, 11) is 0. The molecule has 4 rings (SSSR count). The van der Waals surface area contributed by atoms with Crippen molar-refractivity contribution < 1.29 is 9.53 Å². The number of carbonyl (C=O) groups excluding carboxylic acids is 1. The molecule has 0 saturated carbocycles. The lowest BCUT2D eigenvalue weighted by Gasteiger charge is -2.40. The van der Waals surface area contributed by atoms with Crippen molar-refractivity contribution in [2.24, 2.45) is 0 Å². The van der Waals surface area contributed by atoms with Crippen molar-refractivity contribution in [3.05, 3.63) is 6.07 Å². The number of ether oxygens (including phenoxy) is 1. The van der Waals surface area contributed by atoms with Gasteiger partial charge in [-0.2, -0.15) is 9.97 Å². The molecule has 0 aromatic carbocycles. The van der Waals surface area contributed by atoms with Crippen LogP contribution in [0, 0.1) is 0 Å². The average Bonchev–Trinajstić information content (AvgIpc) is 3.16. The molecule has 3 fully saturated rings. The molecule has 3 aliphatic rings. The maximum atomic E-state index is 11.7. The van der Waals surface area contributed by atoms with E-state index in [1.807, 2.05) is 11.0 Å². The van der Waals surface area contributed by atoms with Crippen LogP contribution in [-0.4, -0.2) is 90.7 Å². The van der Waals surface area contributed by atoms with E-state index < -0.39 is 0 Å². The van der Waals surface area contributed by atoms with Crippen molar-refractivity contribution in [2.45, 2.75) is 38.1 Å². The summed E-state index contributed by atoms with van der Waals surface area (Å²) in [6.45, 7) is 8.21. The van der Waals surface area contributed by atoms with Gasteiger partial charge in [-0.1, -0.05) is 0 Å². The van der Waals surface area contributed by atoms with Gasteiger partial charge in [0.05, 0.1) is 13.2 Å². The molecule has 4 heterocycles. The number of nitrogens with zero attached hydrogens (tertiary/aromatic N) is 5. The van der Waals surface area contributed by atoms with Crippen LogP contribution in [0.5, 0.6) is 0 Å². The third kappa shape index (κ3) is 5.27. The summed E-state index contributed by atoms with van der Waals surface area (Å²) in [5, 5.41) is 3.35. The number of rotatable bonds is 7. The number of hydrogen-bond acceptors (Lipinski definition) is 8. The van der Waals surface area contributed by atoms with Crippen LogP contribution < -0.4 is 16.0 Å².